The Kier molecular flexibility index (Phi) is 5.38. The van der Waals surface area contributed by atoms with E-state index in [1.54, 1.807) is 11.3 Å². The second kappa shape index (κ2) is 7.26. The molecule has 0 saturated carbocycles. The molecule has 0 fully saturated rings. The number of rotatable bonds is 7. The van der Waals surface area contributed by atoms with Gasteiger partial charge in [0.05, 0.1) is 17.2 Å². The molecular weight excluding hydrogens is 270 g/mol. The smallest absolute Gasteiger partial charge is 0.197 e. The first-order valence-corrected chi connectivity index (χ1v) is 7.73. The predicted molar refractivity (Wildman–Crippen MR) is 85.1 cm³/mol. The van der Waals surface area contributed by atoms with Crippen molar-refractivity contribution in [2.45, 2.75) is 33.1 Å². The molecule has 5 heteroatoms. The van der Waals surface area contributed by atoms with E-state index in [9.17, 15) is 0 Å². The lowest BCUT2D eigenvalue weighted by atomic mass is 10.1. The van der Waals surface area contributed by atoms with Crippen molar-refractivity contribution in [3.63, 3.8) is 0 Å². The third-order valence-corrected chi connectivity index (χ3v) is 4.17. The van der Waals surface area contributed by atoms with Crippen LogP contribution < -0.4 is 16.0 Å². The van der Waals surface area contributed by atoms with Gasteiger partial charge in [0, 0.05) is 0 Å². The number of aromatic nitrogens is 1. The van der Waals surface area contributed by atoms with Gasteiger partial charge in [-0.05, 0) is 31.0 Å². The standard InChI is InChI=1S/C15H21N3OS/c1-3-4-5-9-19-13-8-6-7-12(10-13)14-11(2)17-15(18-16)20-14/h6-8,10H,3-5,9,16H2,1-2H3,(H,17,18). The van der Waals surface area contributed by atoms with Crippen molar-refractivity contribution in [2.75, 3.05) is 12.0 Å². The number of thiazole rings is 1. The fourth-order valence-corrected chi connectivity index (χ4v) is 2.87. The molecule has 1 heterocycles. The number of nitrogens with one attached hydrogen (secondary N) is 1. The van der Waals surface area contributed by atoms with Gasteiger partial charge in [-0.3, -0.25) is 5.43 Å². The summed E-state index contributed by atoms with van der Waals surface area (Å²) in [5, 5.41) is 0.728. The average molecular weight is 291 g/mol. The van der Waals surface area contributed by atoms with Crippen molar-refractivity contribution in [1.82, 2.24) is 4.98 Å². The summed E-state index contributed by atoms with van der Waals surface area (Å²) in [6, 6.07) is 8.14. The fraction of sp³-hybridized carbons (Fsp3) is 0.400. The second-order valence-corrected chi connectivity index (χ2v) is 5.66. The maximum atomic E-state index is 5.79. The Bertz CT molecular complexity index is 554. The van der Waals surface area contributed by atoms with Gasteiger partial charge < -0.3 is 4.74 Å². The topological polar surface area (TPSA) is 60.2 Å². The molecule has 0 bridgehead atoms. The van der Waals surface area contributed by atoms with Crippen LogP contribution in [0.4, 0.5) is 5.13 Å². The number of hydrazine groups is 1. The maximum Gasteiger partial charge on any atom is 0.197 e. The summed E-state index contributed by atoms with van der Waals surface area (Å²) >= 11 is 1.55. The zero-order valence-corrected chi connectivity index (χ0v) is 12.8. The quantitative estimate of drug-likeness (QED) is 0.460. The molecular formula is C15H21N3OS. The van der Waals surface area contributed by atoms with Crippen LogP contribution in [0.15, 0.2) is 24.3 Å². The highest BCUT2D eigenvalue weighted by Crippen LogP contribution is 2.33. The zero-order chi connectivity index (χ0) is 14.4. The Labute approximate surface area is 124 Å². The van der Waals surface area contributed by atoms with E-state index in [0.717, 1.165) is 40.0 Å². The third-order valence-electron chi connectivity index (χ3n) is 3.03. The molecule has 1 aromatic heterocycles. The monoisotopic (exact) mass is 291 g/mol. The van der Waals surface area contributed by atoms with Crippen LogP contribution in [0.1, 0.15) is 31.9 Å². The highest BCUT2D eigenvalue weighted by Gasteiger charge is 2.09. The molecule has 0 radical (unpaired) electrons. The van der Waals surface area contributed by atoms with Crippen molar-refractivity contribution in [3.05, 3.63) is 30.0 Å². The van der Waals surface area contributed by atoms with E-state index in [0.29, 0.717) is 0 Å². The number of aryl methyl sites for hydroxylation is 1. The molecule has 2 rings (SSSR count). The maximum absolute atomic E-state index is 5.79. The molecule has 3 N–H and O–H groups in total. The molecule has 2 aromatic rings. The van der Waals surface area contributed by atoms with Crippen LogP contribution in [0, 0.1) is 6.92 Å². The van der Waals surface area contributed by atoms with Gasteiger partial charge in [-0.25, -0.2) is 10.8 Å². The van der Waals surface area contributed by atoms with Gasteiger partial charge in [0.25, 0.3) is 0 Å². The van der Waals surface area contributed by atoms with Crippen LogP contribution in [0.5, 0.6) is 5.75 Å². The van der Waals surface area contributed by atoms with Crippen LogP contribution in [0.25, 0.3) is 10.4 Å². The van der Waals surface area contributed by atoms with Gasteiger partial charge in [-0.15, -0.1) is 0 Å². The van der Waals surface area contributed by atoms with E-state index in [1.165, 1.54) is 12.8 Å². The van der Waals surface area contributed by atoms with Crippen molar-refractivity contribution in [2.24, 2.45) is 5.84 Å². The summed E-state index contributed by atoms with van der Waals surface area (Å²) in [5.41, 5.74) is 4.69. The van der Waals surface area contributed by atoms with Crippen LogP contribution in [-0.2, 0) is 0 Å². The van der Waals surface area contributed by atoms with Gasteiger partial charge in [0.1, 0.15) is 5.75 Å². The van der Waals surface area contributed by atoms with E-state index in [-0.39, 0.29) is 0 Å². The highest BCUT2D eigenvalue weighted by molar-refractivity contribution is 7.19. The third kappa shape index (κ3) is 3.71. The molecule has 0 atom stereocenters. The number of anilines is 1. The molecule has 108 valence electrons. The first kappa shape index (κ1) is 14.8. The van der Waals surface area contributed by atoms with Crippen molar-refractivity contribution < 1.29 is 4.74 Å². The second-order valence-electron chi connectivity index (χ2n) is 4.66. The van der Waals surface area contributed by atoms with Crippen molar-refractivity contribution >= 4 is 16.5 Å². The number of nitrogens with zero attached hydrogens (tertiary/aromatic N) is 1. The van der Waals surface area contributed by atoms with Crippen molar-refractivity contribution in [1.29, 1.82) is 0 Å². The molecule has 20 heavy (non-hydrogen) atoms. The van der Waals surface area contributed by atoms with E-state index < -0.39 is 0 Å². The molecule has 0 saturated heterocycles. The number of ether oxygens (including phenoxy) is 1. The summed E-state index contributed by atoms with van der Waals surface area (Å²) in [6.07, 6.45) is 3.51. The van der Waals surface area contributed by atoms with E-state index >= 15 is 0 Å². The minimum absolute atomic E-state index is 0.728. The molecule has 4 nitrogen and oxygen atoms in total. The summed E-state index contributed by atoms with van der Waals surface area (Å²) < 4.78 is 5.79. The number of hydrogen-bond acceptors (Lipinski definition) is 5. The summed E-state index contributed by atoms with van der Waals surface area (Å²) in [5.74, 6) is 6.32. The zero-order valence-electron chi connectivity index (χ0n) is 12.0. The highest BCUT2D eigenvalue weighted by atomic mass is 32.1. The van der Waals surface area contributed by atoms with Gasteiger partial charge in [0.2, 0.25) is 0 Å². The lowest BCUT2D eigenvalue weighted by Crippen LogP contribution is -2.05. The molecule has 0 aliphatic carbocycles. The Morgan fingerprint density at radius 1 is 1.35 bits per heavy atom. The molecule has 1 aromatic carbocycles. The molecule has 0 unspecified atom stereocenters. The van der Waals surface area contributed by atoms with Crippen LogP contribution >= 0.6 is 11.3 Å². The predicted octanol–water partition coefficient (Wildman–Crippen LogP) is 3.97. The Morgan fingerprint density at radius 3 is 2.90 bits per heavy atom. The normalized spacial score (nSPS) is 10.6. The van der Waals surface area contributed by atoms with Crippen LogP contribution in [0.3, 0.4) is 0 Å². The lowest BCUT2D eigenvalue weighted by molar-refractivity contribution is 0.306. The fourth-order valence-electron chi connectivity index (χ4n) is 2.00. The van der Waals surface area contributed by atoms with Gasteiger partial charge in [-0.1, -0.05) is 43.2 Å². The molecule has 0 amide bonds. The van der Waals surface area contributed by atoms with E-state index in [4.69, 9.17) is 10.6 Å². The van der Waals surface area contributed by atoms with Gasteiger partial charge in [0.15, 0.2) is 5.13 Å². The minimum Gasteiger partial charge on any atom is -0.494 e. The van der Waals surface area contributed by atoms with E-state index in [2.05, 4.69) is 29.5 Å². The van der Waals surface area contributed by atoms with Crippen LogP contribution in [-0.4, -0.2) is 11.6 Å². The molecule has 0 spiro atoms. The Morgan fingerprint density at radius 2 is 2.20 bits per heavy atom. The number of nitrogens with two attached hydrogens (primary N) is 1. The average Bonchev–Trinajstić information content (AvgIpc) is 2.85. The SMILES string of the molecule is CCCCCOc1cccc(-c2sc(NN)nc2C)c1. The number of hydrogen-bond donors (Lipinski definition) is 2. The Hall–Kier alpha value is -1.59. The lowest BCUT2D eigenvalue weighted by Gasteiger charge is -2.07. The number of nitrogen functional groups attached to an aromatic ring is 1. The number of benzene rings is 1. The summed E-state index contributed by atoms with van der Waals surface area (Å²) in [6.45, 7) is 4.95. The van der Waals surface area contributed by atoms with Gasteiger partial charge in [-0.2, -0.15) is 0 Å². The van der Waals surface area contributed by atoms with Gasteiger partial charge >= 0.3 is 0 Å². The van der Waals surface area contributed by atoms with Crippen molar-refractivity contribution in [3.8, 4) is 16.2 Å². The minimum atomic E-state index is 0.728. The Balaban J connectivity index is 2.10. The summed E-state index contributed by atoms with van der Waals surface area (Å²) in [7, 11) is 0. The molecule has 0 aliphatic heterocycles. The summed E-state index contributed by atoms with van der Waals surface area (Å²) in [4.78, 5) is 5.49. The van der Waals surface area contributed by atoms with E-state index in [1.807, 2.05) is 19.1 Å². The first-order chi connectivity index (χ1) is 9.74. The van der Waals surface area contributed by atoms with Crippen LogP contribution in [0.2, 0.25) is 0 Å². The largest absolute Gasteiger partial charge is 0.494 e. The number of unbranched alkanes of at least 4 members (excludes halogenated alkanes) is 2. The first-order valence-electron chi connectivity index (χ1n) is 6.92. The molecule has 0 aliphatic rings.